The van der Waals surface area contributed by atoms with Crippen LogP contribution in [0.1, 0.15) is 18.1 Å². The van der Waals surface area contributed by atoms with Gasteiger partial charge in [0.25, 0.3) is 0 Å². The van der Waals surface area contributed by atoms with Crippen LogP contribution in [0.4, 0.5) is 0 Å². The number of carbonyl (C=O) groups excluding carboxylic acids is 1. The van der Waals surface area contributed by atoms with Crippen molar-refractivity contribution < 1.29 is 9.53 Å². The number of carbonyl (C=O) groups is 1. The van der Waals surface area contributed by atoms with Crippen molar-refractivity contribution in [3.8, 4) is 6.07 Å². The molecule has 1 aliphatic carbocycles. The molecule has 1 aromatic carbocycles. The second kappa shape index (κ2) is 5.33. The smallest absolute Gasteiger partial charge is 0.349 e. The minimum Gasteiger partial charge on any atom is -0.462 e. The van der Waals surface area contributed by atoms with Gasteiger partial charge in [-0.15, -0.1) is 0 Å². The van der Waals surface area contributed by atoms with Gasteiger partial charge in [0, 0.05) is 5.57 Å². The first kappa shape index (κ1) is 12.1. The number of fused-ring (bicyclic) bond motifs is 1. The number of allylic oxidation sites excluding steroid dienone is 3. The topological polar surface area (TPSA) is 50.1 Å². The third-order valence-electron chi connectivity index (χ3n) is 2.79. The molecular weight excluding hydrogens is 226 g/mol. The fraction of sp³-hybridized carbons (Fsp3) is 0.200. The summed E-state index contributed by atoms with van der Waals surface area (Å²) in [5, 5.41) is 9.16. The second-order valence-corrected chi connectivity index (χ2v) is 3.88. The van der Waals surface area contributed by atoms with Gasteiger partial charge in [-0.25, -0.2) is 4.79 Å². The van der Waals surface area contributed by atoms with Gasteiger partial charge >= 0.3 is 5.97 Å². The van der Waals surface area contributed by atoms with E-state index >= 15 is 0 Å². The van der Waals surface area contributed by atoms with Gasteiger partial charge in [-0.2, -0.15) is 5.26 Å². The molecule has 90 valence electrons. The van der Waals surface area contributed by atoms with Crippen LogP contribution in [0, 0.1) is 11.3 Å². The van der Waals surface area contributed by atoms with Crippen LogP contribution in [-0.2, 0) is 16.0 Å². The zero-order valence-corrected chi connectivity index (χ0v) is 10.1. The van der Waals surface area contributed by atoms with E-state index in [4.69, 9.17) is 10.00 Å². The summed E-state index contributed by atoms with van der Waals surface area (Å²) in [6.45, 7) is 1.99. The first-order valence-corrected chi connectivity index (χ1v) is 5.84. The summed E-state index contributed by atoms with van der Waals surface area (Å²) in [7, 11) is 0. The Kier molecular flexibility index (Phi) is 3.59. The minimum absolute atomic E-state index is 0.0697. The number of rotatable bonds is 2. The van der Waals surface area contributed by atoms with Crippen molar-refractivity contribution in [3.05, 3.63) is 53.1 Å². The molecular formula is C15H13NO2. The molecule has 0 heterocycles. The van der Waals surface area contributed by atoms with Crippen LogP contribution in [0.2, 0.25) is 0 Å². The van der Waals surface area contributed by atoms with E-state index in [1.807, 2.05) is 42.5 Å². The number of hydrogen-bond acceptors (Lipinski definition) is 3. The molecule has 0 fully saturated rings. The molecule has 0 bridgehead atoms. The number of esters is 1. The van der Waals surface area contributed by atoms with Gasteiger partial charge < -0.3 is 4.74 Å². The highest BCUT2D eigenvalue weighted by Crippen LogP contribution is 2.28. The van der Waals surface area contributed by atoms with Crippen molar-refractivity contribution in [2.75, 3.05) is 6.61 Å². The number of hydrogen-bond donors (Lipinski definition) is 0. The summed E-state index contributed by atoms with van der Waals surface area (Å²) in [5.74, 6) is -0.559. The van der Waals surface area contributed by atoms with Gasteiger partial charge in [0.1, 0.15) is 11.6 Å². The summed E-state index contributed by atoms with van der Waals surface area (Å²) in [6.07, 6.45) is 4.59. The van der Waals surface area contributed by atoms with Crippen LogP contribution >= 0.6 is 0 Å². The Labute approximate surface area is 106 Å². The van der Waals surface area contributed by atoms with Crippen molar-refractivity contribution in [2.45, 2.75) is 13.3 Å². The Morgan fingerprint density at radius 3 is 2.94 bits per heavy atom. The van der Waals surface area contributed by atoms with E-state index in [0.29, 0.717) is 5.57 Å². The predicted octanol–water partition coefficient (Wildman–Crippen LogP) is 2.64. The molecule has 1 aromatic rings. The molecule has 0 saturated carbocycles. The molecule has 0 aromatic heterocycles. The van der Waals surface area contributed by atoms with Gasteiger partial charge in [0.05, 0.1) is 6.61 Å². The second-order valence-electron chi connectivity index (χ2n) is 3.88. The van der Waals surface area contributed by atoms with Crippen molar-refractivity contribution in [3.63, 3.8) is 0 Å². The summed E-state index contributed by atoms with van der Waals surface area (Å²) in [5.41, 5.74) is 2.77. The van der Waals surface area contributed by atoms with E-state index < -0.39 is 5.97 Å². The van der Waals surface area contributed by atoms with Gasteiger partial charge in [-0.1, -0.05) is 36.4 Å². The van der Waals surface area contributed by atoms with E-state index in [1.165, 1.54) is 0 Å². The normalized spacial score (nSPS) is 15.6. The number of nitrogens with zero attached hydrogens (tertiary/aromatic N) is 1. The molecule has 0 atom stereocenters. The van der Waals surface area contributed by atoms with Crippen molar-refractivity contribution in [1.29, 1.82) is 5.26 Å². The standard InChI is InChI=1S/C15H13NO2/c1-2-18-15(17)14(10-16)13-9-5-7-11-6-3-4-8-12(11)13/h3-6,8-9H,2,7H2,1H3. The van der Waals surface area contributed by atoms with E-state index in [-0.39, 0.29) is 12.2 Å². The Bertz CT molecular complexity index is 576. The maximum Gasteiger partial charge on any atom is 0.349 e. The summed E-state index contributed by atoms with van der Waals surface area (Å²) in [6, 6.07) is 9.72. The molecule has 3 heteroatoms. The van der Waals surface area contributed by atoms with E-state index in [0.717, 1.165) is 17.5 Å². The molecule has 1 aliphatic rings. The lowest BCUT2D eigenvalue weighted by atomic mass is 9.90. The predicted molar refractivity (Wildman–Crippen MR) is 68.5 cm³/mol. The van der Waals surface area contributed by atoms with E-state index in [9.17, 15) is 4.79 Å². The number of benzene rings is 1. The summed E-state index contributed by atoms with van der Waals surface area (Å²) < 4.78 is 4.91. The van der Waals surface area contributed by atoms with Crippen molar-refractivity contribution in [1.82, 2.24) is 0 Å². The average molecular weight is 239 g/mol. The Balaban J connectivity index is 2.54. The van der Waals surface area contributed by atoms with Crippen LogP contribution < -0.4 is 0 Å². The Hall–Kier alpha value is -2.34. The third kappa shape index (κ3) is 2.18. The molecule has 2 rings (SSSR count). The highest BCUT2D eigenvalue weighted by molar-refractivity contribution is 6.04. The quantitative estimate of drug-likeness (QED) is 0.453. The average Bonchev–Trinajstić information content (AvgIpc) is 2.40. The first-order chi connectivity index (χ1) is 8.77. The Morgan fingerprint density at radius 1 is 1.44 bits per heavy atom. The maximum atomic E-state index is 11.7. The van der Waals surface area contributed by atoms with Gasteiger partial charge in [0.15, 0.2) is 0 Å². The van der Waals surface area contributed by atoms with Crippen LogP contribution in [0.3, 0.4) is 0 Å². The summed E-state index contributed by atoms with van der Waals surface area (Å²) >= 11 is 0. The molecule has 0 saturated heterocycles. The lowest BCUT2D eigenvalue weighted by molar-refractivity contribution is -0.137. The fourth-order valence-corrected chi connectivity index (χ4v) is 1.99. The molecule has 0 aliphatic heterocycles. The van der Waals surface area contributed by atoms with Crippen molar-refractivity contribution in [2.24, 2.45) is 0 Å². The van der Waals surface area contributed by atoms with Crippen LogP contribution in [0.15, 0.2) is 42.0 Å². The van der Waals surface area contributed by atoms with E-state index in [1.54, 1.807) is 6.92 Å². The molecule has 0 N–H and O–H groups in total. The SMILES string of the molecule is CCOC(=O)C(C#N)=C1C=CCc2ccccc21. The Morgan fingerprint density at radius 2 is 2.22 bits per heavy atom. The monoisotopic (exact) mass is 239 g/mol. The minimum atomic E-state index is -0.559. The zero-order valence-electron chi connectivity index (χ0n) is 10.1. The molecule has 3 nitrogen and oxygen atoms in total. The molecule has 0 spiro atoms. The first-order valence-electron chi connectivity index (χ1n) is 5.84. The number of nitriles is 1. The van der Waals surface area contributed by atoms with Crippen LogP contribution in [0.25, 0.3) is 5.57 Å². The van der Waals surface area contributed by atoms with Gasteiger partial charge in [-0.3, -0.25) is 0 Å². The molecule has 0 amide bonds. The lowest BCUT2D eigenvalue weighted by Crippen LogP contribution is -2.10. The van der Waals surface area contributed by atoms with Crippen LogP contribution in [0.5, 0.6) is 0 Å². The lowest BCUT2D eigenvalue weighted by Gasteiger charge is -2.14. The molecule has 0 radical (unpaired) electrons. The van der Waals surface area contributed by atoms with Crippen molar-refractivity contribution >= 4 is 11.5 Å². The zero-order chi connectivity index (χ0) is 13.0. The van der Waals surface area contributed by atoms with Crippen LogP contribution in [-0.4, -0.2) is 12.6 Å². The van der Waals surface area contributed by atoms with Gasteiger partial charge in [0.2, 0.25) is 0 Å². The summed E-state index contributed by atoms with van der Waals surface area (Å²) in [4.78, 5) is 11.7. The third-order valence-corrected chi connectivity index (χ3v) is 2.79. The highest BCUT2D eigenvalue weighted by Gasteiger charge is 2.19. The maximum absolute atomic E-state index is 11.7. The molecule has 18 heavy (non-hydrogen) atoms. The fourth-order valence-electron chi connectivity index (χ4n) is 1.99. The largest absolute Gasteiger partial charge is 0.462 e. The van der Waals surface area contributed by atoms with Gasteiger partial charge in [-0.05, 0) is 24.5 Å². The molecule has 0 unspecified atom stereocenters. The number of ether oxygens (including phenoxy) is 1. The highest BCUT2D eigenvalue weighted by atomic mass is 16.5. The van der Waals surface area contributed by atoms with E-state index in [2.05, 4.69) is 0 Å².